The Labute approximate surface area is 116 Å². The Morgan fingerprint density at radius 2 is 1.85 bits per heavy atom. The molecule has 0 bridgehead atoms. The Balaban J connectivity index is 2.07. The topological polar surface area (TPSA) is 96.6 Å². The van der Waals surface area contributed by atoms with Gasteiger partial charge in [-0.15, -0.1) is 0 Å². The van der Waals surface area contributed by atoms with Crippen molar-refractivity contribution in [1.29, 1.82) is 0 Å². The van der Waals surface area contributed by atoms with Crippen molar-refractivity contribution in [3.63, 3.8) is 0 Å². The van der Waals surface area contributed by atoms with Gasteiger partial charge in [0.15, 0.2) is 0 Å². The lowest BCUT2D eigenvalue weighted by Crippen LogP contribution is -2.23. The fourth-order valence-electron chi connectivity index (χ4n) is 1.62. The van der Waals surface area contributed by atoms with Gasteiger partial charge >= 0.3 is 5.97 Å². The summed E-state index contributed by atoms with van der Waals surface area (Å²) in [5, 5.41) is 8.65. The number of carboxylic acid groups (broad SMARTS) is 1. The van der Waals surface area contributed by atoms with Crippen LogP contribution in [0, 0.1) is 0 Å². The van der Waals surface area contributed by atoms with Crippen LogP contribution >= 0.6 is 0 Å². The van der Waals surface area contributed by atoms with Crippen molar-refractivity contribution in [2.45, 2.75) is 17.9 Å². The van der Waals surface area contributed by atoms with Crippen LogP contribution in [0.2, 0.25) is 0 Å². The molecule has 2 aromatic rings. The average Bonchev–Trinajstić information content (AvgIpc) is 2.89. The molecule has 1 aromatic heterocycles. The van der Waals surface area contributed by atoms with Crippen LogP contribution in [0.1, 0.15) is 11.1 Å². The van der Waals surface area contributed by atoms with Crippen molar-refractivity contribution in [2.24, 2.45) is 0 Å². The zero-order valence-corrected chi connectivity index (χ0v) is 11.3. The molecule has 2 rings (SSSR count). The number of sulfonamides is 1. The Kier molecular flexibility index (Phi) is 4.21. The molecule has 106 valence electrons. The van der Waals surface area contributed by atoms with Crippen LogP contribution in [0.3, 0.4) is 0 Å². The zero-order valence-electron chi connectivity index (χ0n) is 10.4. The molecule has 1 heterocycles. The molecular weight excluding hydrogens is 282 g/mol. The van der Waals surface area contributed by atoms with E-state index in [1.807, 2.05) is 0 Å². The van der Waals surface area contributed by atoms with E-state index in [-0.39, 0.29) is 17.9 Å². The van der Waals surface area contributed by atoms with E-state index >= 15 is 0 Å². The predicted molar refractivity (Wildman–Crippen MR) is 70.5 cm³/mol. The summed E-state index contributed by atoms with van der Waals surface area (Å²) in [6.45, 7) is 0.135. The molecule has 1 aromatic carbocycles. The maximum absolute atomic E-state index is 12.0. The van der Waals surface area contributed by atoms with Gasteiger partial charge in [0.25, 0.3) is 0 Å². The highest BCUT2D eigenvalue weighted by atomic mass is 32.2. The molecule has 0 spiro atoms. The van der Waals surface area contributed by atoms with Crippen LogP contribution < -0.4 is 4.72 Å². The Hall–Kier alpha value is -2.12. The van der Waals surface area contributed by atoms with Gasteiger partial charge in [0.1, 0.15) is 0 Å². The van der Waals surface area contributed by atoms with Crippen LogP contribution in [0.15, 0.2) is 52.2 Å². The van der Waals surface area contributed by atoms with E-state index < -0.39 is 16.0 Å². The number of benzene rings is 1. The third-order valence-corrected chi connectivity index (χ3v) is 4.05. The minimum absolute atomic E-state index is 0.0927. The SMILES string of the molecule is O=C(O)Cc1ccc(S(=O)(=O)NCc2ccoc2)cc1. The maximum Gasteiger partial charge on any atom is 0.307 e. The molecule has 0 amide bonds. The van der Waals surface area contributed by atoms with E-state index in [0.717, 1.165) is 5.56 Å². The first-order valence-corrected chi connectivity index (χ1v) is 7.27. The molecule has 0 unspecified atom stereocenters. The monoisotopic (exact) mass is 295 g/mol. The second kappa shape index (κ2) is 5.89. The molecule has 0 aliphatic rings. The zero-order chi connectivity index (χ0) is 14.6. The van der Waals surface area contributed by atoms with E-state index in [0.29, 0.717) is 5.56 Å². The smallest absolute Gasteiger partial charge is 0.307 e. The molecule has 6 nitrogen and oxygen atoms in total. The third-order valence-electron chi connectivity index (χ3n) is 2.64. The Morgan fingerprint density at radius 1 is 1.15 bits per heavy atom. The molecule has 0 atom stereocenters. The first-order chi connectivity index (χ1) is 9.47. The van der Waals surface area contributed by atoms with Crippen LogP contribution in [0.4, 0.5) is 0 Å². The molecule has 0 aliphatic heterocycles. The molecule has 0 saturated heterocycles. The fourth-order valence-corrected chi connectivity index (χ4v) is 2.63. The van der Waals surface area contributed by atoms with Gasteiger partial charge in [0, 0.05) is 12.1 Å². The summed E-state index contributed by atoms with van der Waals surface area (Å²) in [5.41, 5.74) is 1.27. The molecular formula is C13H13NO5S. The van der Waals surface area contributed by atoms with Gasteiger partial charge in [-0.05, 0) is 23.8 Å². The Morgan fingerprint density at radius 3 is 2.40 bits per heavy atom. The van der Waals surface area contributed by atoms with E-state index in [4.69, 9.17) is 9.52 Å². The highest BCUT2D eigenvalue weighted by molar-refractivity contribution is 7.89. The molecule has 0 aliphatic carbocycles. The highest BCUT2D eigenvalue weighted by Gasteiger charge is 2.14. The maximum atomic E-state index is 12.0. The van der Waals surface area contributed by atoms with Crippen molar-refractivity contribution < 1.29 is 22.7 Å². The molecule has 2 N–H and O–H groups in total. The summed E-state index contributed by atoms with van der Waals surface area (Å²) in [4.78, 5) is 10.6. The number of aliphatic carboxylic acids is 1. The van der Waals surface area contributed by atoms with E-state index in [9.17, 15) is 13.2 Å². The number of rotatable bonds is 6. The fraction of sp³-hybridized carbons (Fsp3) is 0.154. The van der Waals surface area contributed by atoms with Crippen molar-refractivity contribution in [2.75, 3.05) is 0 Å². The highest BCUT2D eigenvalue weighted by Crippen LogP contribution is 2.12. The van der Waals surface area contributed by atoms with Crippen LogP contribution in [0.25, 0.3) is 0 Å². The lowest BCUT2D eigenvalue weighted by Gasteiger charge is -2.06. The second-order valence-electron chi connectivity index (χ2n) is 4.17. The summed E-state index contributed by atoms with van der Waals surface area (Å²) in [6.07, 6.45) is 2.78. The van der Waals surface area contributed by atoms with Gasteiger partial charge < -0.3 is 9.52 Å². The summed E-state index contributed by atoms with van der Waals surface area (Å²) < 4.78 is 31.3. The van der Waals surface area contributed by atoms with E-state index in [2.05, 4.69) is 4.72 Å². The summed E-state index contributed by atoms with van der Waals surface area (Å²) in [6, 6.07) is 7.41. The molecule has 0 saturated carbocycles. The largest absolute Gasteiger partial charge is 0.481 e. The van der Waals surface area contributed by atoms with Crippen molar-refractivity contribution in [1.82, 2.24) is 4.72 Å². The lowest BCUT2D eigenvalue weighted by atomic mass is 10.2. The summed E-state index contributed by atoms with van der Waals surface area (Å²) in [7, 11) is -3.62. The number of hydrogen-bond donors (Lipinski definition) is 2. The van der Waals surface area contributed by atoms with E-state index in [1.165, 1.54) is 36.8 Å². The molecule has 20 heavy (non-hydrogen) atoms. The quantitative estimate of drug-likeness (QED) is 0.839. The van der Waals surface area contributed by atoms with Gasteiger partial charge in [-0.2, -0.15) is 0 Å². The summed E-state index contributed by atoms with van der Waals surface area (Å²) >= 11 is 0. The number of carboxylic acids is 1. The normalized spacial score (nSPS) is 11.4. The summed E-state index contributed by atoms with van der Waals surface area (Å²) in [5.74, 6) is -0.960. The standard InChI is InChI=1S/C13H13NO5S/c15-13(16)7-10-1-3-12(4-2-10)20(17,18)14-8-11-5-6-19-9-11/h1-6,9,14H,7-8H2,(H,15,16). The van der Waals surface area contributed by atoms with E-state index in [1.54, 1.807) is 6.07 Å². The molecule has 7 heteroatoms. The van der Waals surface area contributed by atoms with Gasteiger partial charge in [0.2, 0.25) is 10.0 Å². The minimum Gasteiger partial charge on any atom is -0.481 e. The molecule has 0 radical (unpaired) electrons. The predicted octanol–water partition coefficient (Wildman–Crippen LogP) is 1.39. The number of hydrogen-bond acceptors (Lipinski definition) is 4. The van der Waals surface area contributed by atoms with Crippen molar-refractivity contribution in [3.05, 3.63) is 54.0 Å². The number of nitrogens with one attached hydrogen (secondary N) is 1. The van der Waals surface area contributed by atoms with Gasteiger partial charge in [-0.1, -0.05) is 12.1 Å². The average molecular weight is 295 g/mol. The molecule has 0 fully saturated rings. The third kappa shape index (κ3) is 3.69. The number of carbonyl (C=O) groups is 1. The van der Waals surface area contributed by atoms with Gasteiger partial charge in [-0.25, -0.2) is 13.1 Å². The van der Waals surface area contributed by atoms with Gasteiger partial charge in [-0.3, -0.25) is 4.79 Å². The van der Waals surface area contributed by atoms with Crippen molar-refractivity contribution in [3.8, 4) is 0 Å². The number of furan rings is 1. The second-order valence-corrected chi connectivity index (χ2v) is 5.94. The van der Waals surface area contributed by atoms with Crippen molar-refractivity contribution >= 4 is 16.0 Å². The first kappa shape index (κ1) is 14.3. The van der Waals surface area contributed by atoms with Gasteiger partial charge in [0.05, 0.1) is 23.8 Å². The van der Waals surface area contributed by atoms with Crippen LogP contribution in [-0.2, 0) is 27.8 Å². The Bertz CT molecular complexity index is 674. The van der Waals surface area contributed by atoms with Crippen LogP contribution in [0.5, 0.6) is 0 Å². The minimum atomic E-state index is -3.62. The first-order valence-electron chi connectivity index (χ1n) is 5.79. The van der Waals surface area contributed by atoms with Crippen LogP contribution in [-0.4, -0.2) is 19.5 Å². The lowest BCUT2D eigenvalue weighted by molar-refractivity contribution is -0.136.